The Morgan fingerprint density at radius 2 is 2.00 bits per heavy atom. The van der Waals surface area contributed by atoms with Crippen LogP contribution in [0.4, 0.5) is 24.5 Å². The lowest BCUT2D eigenvalue weighted by Crippen LogP contribution is -2.08. The molecule has 0 amide bonds. The van der Waals surface area contributed by atoms with E-state index in [0.29, 0.717) is 12.6 Å². The van der Waals surface area contributed by atoms with Gasteiger partial charge in [0.05, 0.1) is 16.9 Å². The molecular formula is C10H13F3N2O. The first-order chi connectivity index (χ1) is 7.36. The van der Waals surface area contributed by atoms with Crippen molar-refractivity contribution in [3.05, 3.63) is 17.7 Å². The van der Waals surface area contributed by atoms with Crippen LogP contribution >= 0.6 is 0 Å². The van der Waals surface area contributed by atoms with Crippen LogP contribution in [-0.4, -0.2) is 11.7 Å². The molecule has 0 heterocycles. The molecule has 0 unspecified atom stereocenters. The Morgan fingerprint density at radius 1 is 1.38 bits per heavy atom. The minimum Gasteiger partial charge on any atom is -0.506 e. The number of nitrogen functional groups attached to an aromatic ring is 1. The van der Waals surface area contributed by atoms with Crippen LogP contribution in [0.5, 0.6) is 5.75 Å². The first-order valence-corrected chi connectivity index (χ1v) is 4.79. The molecule has 1 aromatic rings. The van der Waals surface area contributed by atoms with Gasteiger partial charge in [0.15, 0.2) is 0 Å². The smallest absolute Gasteiger partial charge is 0.416 e. The van der Waals surface area contributed by atoms with Crippen molar-refractivity contribution in [2.45, 2.75) is 19.5 Å². The van der Waals surface area contributed by atoms with Gasteiger partial charge in [-0.15, -0.1) is 0 Å². The molecule has 3 nitrogen and oxygen atoms in total. The zero-order valence-electron chi connectivity index (χ0n) is 8.73. The monoisotopic (exact) mass is 234 g/mol. The number of halogens is 3. The van der Waals surface area contributed by atoms with Crippen molar-refractivity contribution in [1.29, 1.82) is 0 Å². The number of nitrogens with two attached hydrogens (primary N) is 1. The molecule has 0 saturated carbocycles. The van der Waals surface area contributed by atoms with Gasteiger partial charge in [0, 0.05) is 6.54 Å². The first-order valence-electron chi connectivity index (χ1n) is 4.79. The molecule has 6 heteroatoms. The minimum atomic E-state index is -4.51. The molecule has 16 heavy (non-hydrogen) atoms. The number of aromatic hydroxyl groups is 1. The Labute approximate surface area is 91.1 Å². The molecule has 1 aromatic carbocycles. The van der Waals surface area contributed by atoms with Crippen LogP contribution in [0, 0.1) is 0 Å². The Balaban J connectivity index is 3.08. The van der Waals surface area contributed by atoms with E-state index < -0.39 is 17.5 Å². The van der Waals surface area contributed by atoms with Gasteiger partial charge >= 0.3 is 6.18 Å². The highest BCUT2D eigenvalue weighted by Crippen LogP contribution is 2.38. The number of anilines is 2. The van der Waals surface area contributed by atoms with Gasteiger partial charge in [0.25, 0.3) is 0 Å². The lowest BCUT2D eigenvalue weighted by atomic mass is 10.1. The molecule has 0 bridgehead atoms. The molecular weight excluding hydrogens is 221 g/mol. The van der Waals surface area contributed by atoms with Gasteiger partial charge in [0.2, 0.25) is 0 Å². The standard InChI is InChI=1S/C10H13F3N2O/c1-2-3-15-9-7(14)4-6(5-8(9)16)10(11,12)13/h4-5,15-16H,2-3,14H2,1H3. The maximum absolute atomic E-state index is 12.3. The van der Waals surface area contributed by atoms with E-state index in [1.165, 1.54) is 0 Å². The molecule has 1 rings (SSSR count). The van der Waals surface area contributed by atoms with E-state index in [0.717, 1.165) is 12.5 Å². The number of phenolic OH excluding ortho intramolecular Hbond substituents is 1. The molecule has 0 saturated heterocycles. The number of rotatable bonds is 3. The molecule has 0 radical (unpaired) electrons. The quantitative estimate of drug-likeness (QED) is 0.556. The van der Waals surface area contributed by atoms with Crippen molar-refractivity contribution in [1.82, 2.24) is 0 Å². The predicted octanol–water partition coefficient (Wildman–Crippen LogP) is 2.82. The average Bonchev–Trinajstić information content (AvgIpc) is 2.15. The van der Waals surface area contributed by atoms with E-state index in [4.69, 9.17) is 5.73 Å². The normalized spacial score (nSPS) is 11.5. The zero-order valence-corrected chi connectivity index (χ0v) is 8.73. The Hall–Kier alpha value is -1.59. The average molecular weight is 234 g/mol. The van der Waals surface area contributed by atoms with Gasteiger partial charge in [-0.05, 0) is 18.6 Å². The van der Waals surface area contributed by atoms with Crippen molar-refractivity contribution in [3.8, 4) is 5.75 Å². The summed E-state index contributed by atoms with van der Waals surface area (Å²) in [7, 11) is 0. The van der Waals surface area contributed by atoms with Crippen LogP contribution in [0.1, 0.15) is 18.9 Å². The number of hydrogen-bond acceptors (Lipinski definition) is 3. The van der Waals surface area contributed by atoms with Crippen LogP contribution < -0.4 is 11.1 Å². The first kappa shape index (κ1) is 12.5. The highest BCUT2D eigenvalue weighted by atomic mass is 19.4. The largest absolute Gasteiger partial charge is 0.506 e. The van der Waals surface area contributed by atoms with Crippen molar-refractivity contribution < 1.29 is 18.3 Å². The Kier molecular flexibility index (Phi) is 3.51. The summed E-state index contributed by atoms with van der Waals surface area (Å²) in [6.07, 6.45) is -3.73. The minimum absolute atomic E-state index is 0.110. The van der Waals surface area contributed by atoms with Gasteiger partial charge < -0.3 is 16.2 Å². The number of benzene rings is 1. The third-order valence-corrected chi connectivity index (χ3v) is 2.03. The molecule has 0 atom stereocenters. The third-order valence-electron chi connectivity index (χ3n) is 2.03. The second-order valence-electron chi connectivity index (χ2n) is 3.38. The van der Waals surface area contributed by atoms with E-state index in [2.05, 4.69) is 5.32 Å². The summed E-state index contributed by atoms with van der Waals surface area (Å²) in [5, 5.41) is 12.2. The lowest BCUT2D eigenvalue weighted by Gasteiger charge is -2.14. The SMILES string of the molecule is CCCNc1c(N)cc(C(F)(F)F)cc1O. The third kappa shape index (κ3) is 2.71. The molecule has 0 aromatic heterocycles. The maximum Gasteiger partial charge on any atom is 0.416 e. The van der Waals surface area contributed by atoms with Crippen LogP contribution in [0.3, 0.4) is 0 Å². The summed E-state index contributed by atoms with van der Waals surface area (Å²) < 4.78 is 37.0. The predicted molar refractivity (Wildman–Crippen MR) is 56.3 cm³/mol. The van der Waals surface area contributed by atoms with E-state index >= 15 is 0 Å². The fraction of sp³-hybridized carbons (Fsp3) is 0.400. The lowest BCUT2D eigenvalue weighted by molar-refractivity contribution is -0.137. The second-order valence-corrected chi connectivity index (χ2v) is 3.38. The van der Waals surface area contributed by atoms with E-state index in [1.54, 1.807) is 0 Å². The van der Waals surface area contributed by atoms with E-state index in [1.807, 2.05) is 6.92 Å². The highest BCUT2D eigenvalue weighted by Gasteiger charge is 2.32. The molecule has 0 aliphatic carbocycles. The van der Waals surface area contributed by atoms with Gasteiger partial charge in [-0.3, -0.25) is 0 Å². The fourth-order valence-corrected chi connectivity index (χ4v) is 1.25. The number of alkyl halides is 3. The Morgan fingerprint density at radius 3 is 2.44 bits per heavy atom. The van der Waals surface area contributed by atoms with E-state index in [-0.39, 0.29) is 11.4 Å². The number of hydrogen-bond donors (Lipinski definition) is 3. The molecule has 4 N–H and O–H groups in total. The second kappa shape index (κ2) is 4.51. The maximum atomic E-state index is 12.3. The van der Waals surface area contributed by atoms with Gasteiger partial charge in [-0.1, -0.05) is 6.92 Å². The summed E-state index contributed by atoms with van der Waals surface area (Å²) in [4.78, 5) is 0. The van der Waals surface area contributed by atoms with E-state index in [9.17, 15) is 18.3 Å². The van der Waals surface area contributed by atoms with Crippen LogP contribution in [0.2, 0.25) is 0 Å². The zero-order chi connectivity index (χ0) is 12.3. The van der Waals surface area contributed by atoms with Crippen molar-refractivity contribution in [2.24, 2.45) is 0 Å². The van der Waals surface area contributed by atoms with Crippen LogP contribution in [0.25, 0.3) is 0 Å². The summed E-state index contributed by atoms with van der Waals surface area (Å²) in [5.74, 6) is -0.485. The number of phenols is 1. The molecule has 0 aliphatic rings. The Bertz CT molecular complexity index is 354. The molecule has 0 spiro atoms. The number of nitrogens with one attached hydrogen (secondary N) is 1. The fourth-order valence-electron chi connectivity index (χ4n) is 1.25. The molecule has 0 fully saturated rings. The topological polar surface area (TPSA) is 58.3 Å². The molecule has 0 aliphatic heterocycles. The van der Waals surface area contributed by atoms with Crippen molar-refractivity contribution in [3.63, 3.8) is 0 Å². The van der Waals surface area contributed by atoms with Crippen LogP contribution in [-0.2, 0) is 6.18 Å². The molecule has 90 valence electrons. The van der Waals surface area contributed by atoms with Crippen molar-refractivity contribution in [2.75, 3.05) is 17.6 Å². The van der Waals surface area contributed by atoms with Crippen LogP contribution in [0.15, 0.2) is 12.1 Å². The van der Waals surface area contributed by atoms with Gasteiger partial charge in [-0.2, -0.15) is 13.2 Å². The highest BCUT2D eigenvalue weighted by molar-refractivity contribution is 5.74. The van der Waals surface area contributed by atoms with Gasteiger partial charge in [0.1, 0.15) is 5.75 Å². The summed E-state index contributed by atoms with van der Waals surface area (Å²) >= 11 is 0. The summed E-state index contributed by atoms with van der Waals surface area (Å²) in [5.41, 5.74) is 4.52. The summed E-state index contributed by atoms with van der Waals surface area (Å²) in [6, 6.07) is 1.46. The van der Waals surface area contributed by atoms with Crippen molar-refractivity contribution >= 4 is 11.4 Å². The summed E-state index contributed by atoms with van der Waals surface area (Å²) in [6.45, 7) is 2.42. The van der Waals surface area contributed by atoms with Gasteiger partial charge in [-0.25, -0.2) is 0 Å².